The first-order chi connectivity index (χ1) is 16.3. The maximum absolute atomic E-state index is 12.6. The number of esters is 2. The van der Waals surface area contributed by atoms with E-state index in [4.69, 9.17) is 5.73 Å². The topological polar surface area (TPSA) is 135 Å². The van der Waals surface area contributed by atoms with Crippen LogP contribution in [-0.2, 0) is 28.7 Å². The van der Waals surface area contributed by atoms with Crippen molar-refractivity contribution in [3.8, 4) is 0 Å². The summed E-state index contributed by atoms with van der Waals surface area (Å²) in [4.78, 5) is 37.6. The zero-order valence-corrected chi connectivity index (χ0v) is 18.4. The summed E-state index contributed by atoms with van der Waals surface area (Å²) in [6.45, 7) is -1.32. The Morgan fingerprint density at radius 1 is 0.722 bits per heavy atom. The lowest BCUT2D eigenvalue weighted by Gasteiger charge is -2.31. The second-order valence-electron chi connectivity index (χ2n) is 6.90. The summed E-state index contributed by atoms with van der Waals surface area (Å²) in [7, 11) is 0. The van der Waals surface area contributed by atoms with E-state index in [0.717, 1.165) is 5.01 Å². The average molecular weight is 567 g/mol. The maximum atomic E-state index is 12.6. The highest BCUT2D eigenvalue weighted by Gasteiger charge is 2.45. The average Bonchev–Trinajstić information content (AvgIpc) is 2.70. The Morgan fingerprint density at radius 2 is 1.14 bits per heavy atom. The van der Waals surface area contributed by atoms with Crippen molar-refractivity contribution in [2.24, 2.45) is 5.73 Å². The highest BCUT2D eigenvalue weighted by atomic mass is 32.1. The zero-order valence-electron chi connectivity index (χ0n) is 17.6. The van der Waals surface area contributed by atoms with E-state index in [2.05, 4.69) is 32.1 Å². The van der Waals surface area contributed by atoms with Gasteiger partial charge in [-0.05, 0) is 25.1 Å². The minimum Gasteiger partial charge on any atom is -0.456 e. The fraction of sp³-hybridized carbons (Fsp3) is 0.733. The van der Waals surface area contributed by atoms with Crippen LogP contribution in [-0.4, -0.2) is 77.0 Å². The molecule has 2 atom stereocenters. The minimum absolute atomic E-state index is 0.0816. The number of hydrogen-bond acceptors (Lipinski definition) is 10. The van der Waals surface area contributed by atoms with Crippen LogP contribution < -0.4 is 16.8 Å². The number of alkyl halides is 9. The van der Waals surface area contributed by atoms with Gasteiger partial charge in [0.05, 0.1) is 6.54 Å². The molecule has 1 heterocycles. The Bertz CT molecular complexity index is 766. The van der Waals surface area contributed by atoms with Gasteiger partial charge in [-0.25, -0.2) is 14.4 Å². The lowest BCUT2D eigenvalue weighted by molar-refractivity contribution is -0.258. The number of halogens is 9. The summed E-state index contributed by atoms with van der Waals surface area (Å²) in [6.07, 6.45) is -22.2. The van der Waals surface area contributed by atoms with Crippen LogP contribution in [0.2, 0.25) is 0 Å². The summed E-state index contributed by atoms with van der Waals surface area (Å²) in [6, 6.07) is 0. The van der Waals surface area contributed by atoms with E-state index in [0.29, 0.717) is 0 Å². The molecule has 0 aromatic rings. The molecule has 21 heteroatoms. The van der Waals surface area contributed by atoms with Gasteiger partial charge in [-0.1, -0.05) is 5.17 Å². The van der Waals surface area contributed by atoms with E-state index >= 15 is 0 Å². The number of ether oxygens (including phenoxy) is 2. The number of carbonyl (C=O) groups is 3. The Morgan fingerprint density at radius 3 is 1.53 bits per heavy atom. The van der Waals surface area contributed by atoms with Crippen LogP contribution in [0, 0.1) is 0 Å². The molecular formula is C15H18F9N5O6S. The Labute approximate surface area is 200 Å². The number of nitrogens with zero attached hydrogens (tertiary/aromatic N) is 2. The number of thiocarbonyl (C=S) groups is 1. The minimum atomic E-state index is -5.48. The lowest BCUT2D eigenvalue weighted by atomic mass is 10.0. The lowest BCUT2D eigenvalue weighted by Crippen LogP contribution is -2.59. The maximum Gasteiger partial charge on any atom is 0.492 e. The summed E-state index contributed by atoms with van der Waals surface area (Å²) < 4.78 is 122. The molecule has 0 radical (unpaired) electrons. The Hall–Kier alpha value is -2.65. The molecule has 1 aliphatic heterocycles. The molecule has 2 unspecified atom stereocenters. The van der Waals surface area contributed by atoms with Crippen LogP contribution in [0.1, 0.15) is 25.7 Å². The number of rotatable bonds is 3. The van der Waals surface area contributed by atoms with Crippen LogP contribution in [0.3, 0.4) is 0 Å². The normalized spacial score (nSPS) is 21.5. The second kappa shape index (κ2) is 12.5. The van der Waals surface area contributed by atoms with Crippen molar-refractivity contribution in [2.45, 2.75) is 56.4 Å². The summed E-state index contributed by atoms with van der Waals surface area (Å²) in [5.41, 5.74) is 9.37. The van der Waals surface area contributed by atoms with Gasteiger partial charge < -0.3 is 20.0 Å². The van der Waals surface area contributed by atoms with Crippen LogP contribution in [0.5, 0.6) is 0 Å². The molecule has 11 nitrogen and oxygen atoms in total. The molecule has 1 fully saturated rings. The molecule has 0 aromatic carbocycles. The van der Waals surface area contributed by atoms with Crippen molar-refractivity contribution in [3.05, 3.63) is 0 Å². The molecule has 36 heavy (non-hydrogen) atoms. The van der Waals surface area contributed by atoms with E-state index in [1.807, 2.05) is 5.53 Å². The molecule has 1 saturated heterocycles. The van der Waals surface area contributed by atoms with Gasteiger partial charge in [-0.15, -0.1) is 5.53 Å². The van der Waals surface area contributed by atoms with Gasteiger partial charge >= 0.3 is 36.4 Å². The number of carbonyl (C=O) groups excluding carboxylic acids is 3. The third kappa shape index (κ3) is 11.0. The highest BCUT2D eigenvalue weighted by Crippen LogP contribution is 2.24. The van der Waals surface area contributed by atoms with E-state index in [9.17, 15) is 53.9 Å². The van der Waals surface area contributed by atoms with E-state index in [1.165, 1.54) is 0 Å². The van der Waals surface area contributed by atoms with Crippen LogP contribution in [0.15, 0.2) is 0 Å². The molecule has 0 amide bonds. The number of hydroxylamine groups is 1. The van der Waals surface area contributed by atoms with Crippen molar-refractivity contribution in [2.75, 3.05) is 13.1 Å². The molecule has 0 spiro atoms. The first-order valence-corrected chi connectivity index (χ1v) is 9.92. The summed E-state index contributed by atoms with van der Waals surface area (Å²) >= 11 is 4.67. The standard InChI is InChI=1S/C15H18F9N5O6S/c16-13(17,18)9(30)33-7-1-2-8(34-10(31)14(19,20)21)4-6-29(35-11(32)15(22,23)24)27-26-28(5-3-7)12(25)36/h7-8,26-27H,1-6H2,(H2,25,36). The monoisotopic (exact) mass is 567 g/mol. The molecule has 0 bridgehead atoms. The number of hydrazine groups is 3. The van der Waals surface area contributed by atoms with Gasteiger partial charge in [-0.2, -0.15) is 45.0 Å². The van der Waals surface area contributed by atoms with Crippen molar-refractivity contribution in [3.63, 3.8) is 0 Å². The number of nitrogens with two attached hydrogens (primary N) is 1. The fourth-order valence-electron chi connectivity index (χ4n) is 2.48. The highest BCUT2D eigenvalue weighted by molar-refractivity contribution is 7.80. The largest absolute Gasteiger partial charge is 0.492 e. The molecule has 4 N–H and O–H groups in total. The van der Waals surface area contributed by atoms with Gasteiger partial charge in [0, 0.05) is 19.4 Å². The summed E-state index contributed by atoms with van der Waals surface area (Å²) in [5, 5.41) is 0.318. The summed E-state index contributed by atoms with van der Waals surface area (Å²) in [5.74, 6) is -8.05. The van der Waals surface area contributed by atoms with Crippen LogP contribution >= 0.6 is 12.2 Å². The van der Waals surface area contributed by atoms with Crippen molar-refractivity contribution >= 4 is 35.2 Å². The second-order valence-corrected chi connectivity index (χ2v) is 7.32. The first-order valence-electron chi connectivity index (χ1n) is 9.51. The Kier molecular flexibility index (Phi) is 10.9. The molecular weight excluding hydrogens is 549 g/mol. The molecule has 1 rings (SSSR count). The molecule has 0 aromatic heterocycles. The third-order valence-electron chi connectivity index (χ3n) is 4.15. The van der Waals surface area contributed by atoms with E-state index < -0.39 is 92.5 Å². The molecule has 0 saturated carbocycles. The predicted octanol–water partition coefficient (Wildman–Crippen LogP) is 1.30. The van der Waals surface area contributed by atoms with Gasteiger partial charge in [0.1, 0.15) is 12.2 Å². The van der Waals surface area contributed by atoms with Crippen molar-refractivity contribution in [1.29, 1.82) is 0 Å². The third-order valence-corrected chi connectivity index (χ3v) is 4.37. The SMILES string of the molecule is NC(=S)N1CCC(OC(=O)C(F)(F)F)CCC(OC(=O)C(F)(F)F)CCN(OC(=O)C(F)(F)F)NN1. The van der Waals surface area contributed by atoms with Gasteiger partial charge in [0.25, 0.3) is 0 Å². The Balaban J connectivity index is 3.15. The molecule has 0 aliphatic carbocycles. The fourth-order valence-corrected chi connectivity index (χ4v) is 2.62. The van der Waals surface area contributed by atoms with Gasteiger partial charge in [0.2, 0.25) is 0 Å². The van der Waals surface area contributed by atoms with Crippen molar-refractivity contribution < 1.29 is 68.2 Å². The van der Waals surface area contributed by atoms with Gasteiger partial charge in [-0.3, -0.25) is 5.01 Å². The van der Waals surface area contributed by atoms with Crippen molar-refractivity contribution in [1.82, 2.24) is 21.3 Å². The van der Waals surface area contributed by atoms with E-state index in [-0.39, 0.29) is 5.17 Å². The van der Waals surface area contributed by atoms with Crippen LogP contribution in [0.25, 0.3) is 0 Å². The number of nitrogens with one attached hydrogen (secondary N) is 2. The predicted molar refractivity (Wildman–Crippen MR) is 99.0 cm³/mol. The van der Waals surface area contributed by atoms with Crippen LogP contribution in [0.4, 0.5) is 39.5 Å². The van der Waals surface area contributed by atoms with Gasteiger partial charge in [0.15, 0.2) is 5.11 Å². The molecule has 1 aliphatic rings. The van der Waals surface area contributed by atoms with E-state index in [1.54, 1.807) is 0 Å². The number of hydrogen-bond donors (Lipinski definition) is 3. The first kappa shape index (κ1) is 31.4. The zero-order chi connectivity index (χ0) is 27.9. The molecule has 208 valence electrons. The quantitative estimate of drug-likeness (QED) is 0.258. The smallest absolute Gasteiger partial charge is 0.456 e.